The van der Waals surface area contributed by atoms with Gasteiger partial charge in [0.1, 0.15) is 17.1 Å². The molecule has 0 saturated carbocycles. The van der Waals surface area contributed by atoms with E-state index in [0.29, 0.717) is 40.2 Å². The lowest BCUT2D eigenvalue weighted by Gasteiger charge is -2.12. The molecule has 1 aromatic heterocycles. The van der Waals surface area contributed by atoms with Crippen molar-refractivity contribution in [3.63, 3.8) is 0 Å². The zero-order valence-corrected chi connectivity index (χ0v) is 15.9. The van der Waals surface area contributed by atoms with Crippen LogP contribution in [0.25, 0.3) is 11.0 Å². The number of rotatable bonds is 4. The topological polar surface area (TPSA) is 85.6 Å². The van der Waals surface area contributed by atoms with Gasteiger partial charge in [-0.05, 0) is 55.3 Å². The Kier molecular flexibility index (Phi) is 4.19. The summed E-state index contributed by atoms with van der Waals surface area (Å²) in [4.78, 5) is 12.4. The minimum atomic E-state index is -3.77. The number of fused-ring (bicyclic) bond motifs is 3. The predicted octanol–water partition coefficient (Wildman–Crippen LogP) is 4.07. The number of benzene rings is 2. The molecule has 7 heteroatoms. The number of Topliss-reactive ketones (excluding diaryl/α,β-unsaturated/α-hetero) is 1. The Morgan fingerprint density at radius 2 is 1.85 bits per heavy atom. The van der Waals surface area contributed by atoms with Crippen LogP contribution < -0.4 is 9.46 Å². The molecule has 1 aliphatic rings. The fraction of sp³-hybridized carbons (Fsp3) is 0.250. The van der Waals surface area contributed by atoms with E-state index in [2.05, 4.69) is 4.72 Å². The van der Waals surface area contributed by atoms with Crippen molar-refractivity contribution < 1.29 is 22.4 Å². The van der Waals surface area contributed by atoms with E-state index >= 15 is 0 Å². The zero-order chi connectivity index (χ0) is 19.2. The van der Waals surface area contributed by atoms with Gasteiger partial charge in [0, 0.05) is 18.2 Å². The van der Waals surface area contributed by atoms with E-state index in [9.17, 15) is 13.2 Å². The maximum absolute atomic E-state index is 12.7. The highest BCUT2D eigenvalue weighted by molar-refractivity contribution is 7.92. The third-order valence-corrected chi connectivity index (χ3v) is 6.19. The van der Waals surface area contributed by atoms with Crippen LogP contribution >= 0.6 is 0 Å². The Labute approximate surface area is 157 Å². The maximum atomic E-state index is 12.7. The smallest absolute Gasteiger partial charge is 0.261 e. The van der Waals surface area contributed by atoms with Gasteiger partial charge in [0.2, 0.25) is 0 Å². The molecule has 0 saturated heterocycles. The molecule has 1 heterocycles. The average molecular weight is 385 g/mol. The molecule has 1 aliphatic carbocycles. The summed E-state index contributed by atoms with van der Waals surface area (Å²) in [5.74, 6) is 1.31. The summed E-state index contributed by atoms with van der Waals surface area (Å²) in [6.45, 7) is 1.80. The maximum Gasteiger partial charge on any atom is 0.261 e. The van der Waals surface area contributed by atoms with Crippen molar-refractivity contribution in [1.29, 1.82) is 0 Å². The molecule has 27 heavy (non-hydrogen) atoms. The van der Waals surface area contributed by atoms with E-state index in [1.165, 1.54) is 19.2 Å². The number of hydrogen-bond donors (Lipinski definition) is 1. The normalized spacial score (nSPS) is 14.2. The number of methoxy groups -OCH3 is 1. The molecule has 0 atom stereocenters. The van der Waals surface area contributed by atoms with Gasteiger partial charge in [-0.2, -0.15) is 0 Å². The summed E-state index contributed by atoms with van der Waals surface area (Å²) in [6.07, 6.45) is 1.99. The van der Waals surface area contributed by atoms with E-state index in [4.69, 9.17) is 9.15 Å². The van der Waals surface area contributed by atoms with Crippen molar-refractivity contribution in [2.45, 2.75) is 31.1 Å². The number of ether oxygens (including phenoxy) is 1. The number of furan rings is 1. The number of anilines is 1. The van der Waals surface area contributed by atoms with Crippen molar-refractivity contribution in [3.8, 4) is 5.75 Å². The molecule has 140 valence electrons. The summed E-state index contributed by atoms with van der Waals surface area (Å²) in [5.41, 5.74) is 2.35. The number of sulfonamides is 1. The van der Waals surface area contributed by atoms with Crippen LogP contribution in [-0.2, 0) is 16.4 Å². The second kappa shape index (κ2) is 6.42. The van der Waals surface area contributed by atoms with Crippen LogP contribution in [0, 0.1) is 6.92 Å². The van der Waals surface area contributed by atoms with Crippen molar-refractivity contribution in [3.05, 3.63) is 53.3 Å². The summed E-state index contributed by atoms with van der Waals surface area (Å²) in [5, 5.41) is 0.660. The van der Waals surface area contributed by atoms with E-state index in [-0.39, 0.29) is 10.7 Å². The number of carbonyl (C=O) groups is 1. The summed E-state index contributed by atoms with van der Waals surface area (Å²) in [7, 11) is -2.25. The number of ketones is 1. The van der Waals surface area contributed by atoms with Crippen LogP contribution in [0.1, 0.15) is 34.5 Å². The Bertz CT molecular complexity index is 1140. The molecule has 0 unspecified atom stereocenters. The van der Waals surface area contributed by atoms with Gasteiger partial charge in [-0.15, -0.1) is 0 Å². The highest BCUT2D eigenvalue weighted by Crippen LogP contribution is 2.35. The first-order valence-corrected chi connectivity index (χ1v) is 10.1. The third kappa shape index (κ3) is 3.08. The molecule has 0 radical (unpaired) electrons. The SMILES string of the molecule is COc1ccc(S(=O)(=O)Nc2cc3c4c(oc3cc2C)CCCC4=O)cc1. The number of aryl methyl sites for hydroxylation is 2. The van der Waals surface area contributed by atoms with Gasteiger partial charge < -0.3 is 9.15 Å². The molecule has 1 N–H and O–H groups in total. The average Bonchev–Trinajstić information content (AvgIpc) is 3.00. The lowest BCUT2D eigenvalue weighted by molar-refractivity contribution is 0.0971. The second-order valence-electron chi connectivity index (χ2n) is 6.62. The van der Waals surface area contributed by atoms with Crippen molar-refractivity contribution in [2.75, 3.05) is 11.8 Å². The van der Waals surface area contributed by atoms with E-state index in [1.807, 2.05) is 0 Å². The van der Waals surface area contributed by atoms with Crippen LogP contribution in [0.15, 0.2) is 45.7 Å². The molecular weight excluding hydrogens is 366 g/mol. The fourth-order valence-corrected chi connectivity index (χ4v) is 4.50. The van der Waals surface area contributed by atoms with Crippen molar-refractivity contribution in [2.24, 2.45) is 0 Å². The number of carbonyl (C=O) groups excluding carboxylic acids is 1. The molecule has 6 nitrogen and oxygen atoms in total. The summed E-state index contributed by atoms with van der Waals surface area (Å²) >= 11 is 0. The third-order valence-electron chi connectivity index (χ3n) is 4.81. The highest BCUT2D eigenvalue weighted by Gasteiger charge is 2.25. The molecule has 3 aromatic rings. The minimum absolute atomic E-state index is 0.0443. The molecule has 2 aromatic carbocycles. The quantitative estimate of drug-likeness (QED) is 0.732. The lowest BCUT2D eigenvalue weighted by atomic mass is 9.94. The van der Waals surface area contributed by atoms with Crippen LogP contribution in [0.5, 0.6) is 5.75 Å². The molecular formula is C20H19NO5S. The first-order valence-electron chi connectivity index (χ1n) is 8.65. The molecule has 0 spiro atoms. The van der Waals surface area contributed by atoms with Crippen LogP contribution in [-0.4, -0.2) is 21.3 Å². The highest BCUT2D eigenvalue weighted by atomic mass is 32.2. The van der Waals surface area contributed by atoms with Gasteiger partial charge in [0.15, 0.2) is 5.78 Å². The first-order chi connectivity index (χ1) is 12.9. The molecule has 0 amide bonds. The van der Waals surface area contributed by atoms with E-state index < -0.39 is 10.0 Å². The van der Waals surface area contributed by atoms with E-state index in [1.54, 1.807) is 31.2 Å². The van der Waals surface area contributed by atoms with Gasteiger partial charge in [-0.3, -0.25) is 9.52 Å². The van der Waals surface area contributed by atoms with Gasteiger partial charge in [-0.25, -0.2) is 8.42 Å². The van der Waals surface area contributed by atoms with E-state index in [0.717, 1.165) is 18.4 Å². The first kappa shape index (κ1) is 17.6. The Morgan fingerprint density at radius 3 is 2.56 bits per heavy atom. The van der Waals surface area contributed by atoms with Crippen LogP contribution in [0.4, 0.5) is 5.69 Å². The van der Waals surface area contributed by atoms with Crippen molar-refractivity contribution in [1.82, 2.24) is 0 Å². The Morgan fingerprint density at radius 1 is 1.11 bits per heavy atom. The molecule has 0 aliphatic heterocycles. The van der Waals surface area contributed by atoms with Crippen LogP contribution in [0.3, 0.4) is 0 Å². The summed E-state index contributed by atoms with van der Waals surface area (Å²) < 4.78 is 39.0. The molecule has 4 rings (SSSR count). The van der Waals surface area contributed by atoms with Gasteiger partial charge in [0.05, 0.1) is 23.3 Å². The Hall–Kier alpha value is -2.80. The molecule has 0 bridgehead atoms. The standard InChI is InChI=1S/C20H19NO5S/c1-12-10-19-15(20-17(22)4-3-5-18(20)26-19)11-16(12)21-27(23,24)14-8-6-13(25-2)7-9-14/h6-11,21H,3-5H2,1-2H3. The fourth-order valence-electron chi connectivity index (χ4n) is 3.38. The number of nitrogens with one attached hydrogen (secondary N) is 1. The van der Waals surface area contributed by atoms with Gasteiger partial charge in [0.25, 0.3) is 10.0 Å². The monoisotopic (exact) mass is 385 g/mol. The molecule has 0 fully saturated rings. The lowest BCUT2D eigenvalue weighted by Crippen LogP contribution is -2.14. The zero-order valence-electron chi connectivity index (χ0n) is 15.0. The van der Waals surface area contributed by atoms with Crippen LogP contribution in [0.2, 0.25) is 0 Å². The minimum Gasteiger partial charge on any atom is -0.497 e. The largest absolute Gasteiger partial charge is 0.497 e. The van der Waals surface area contributed by atoms with Gasteiger partial charge in [-0.1, -0.05) is 0 Å². The number of hydrogen-bond acceptors (Lipinski definition) is 5. The second-order valence-corrected chi connectivity index (χ2v) is 8.30. The Balaban J connectivity index is 1.75. The predicted molar refractivity (Wildman–Crippen MR) is 102 cm³/mol. The summed E-state index contributed by atoms with van der Waals surface area (Å²) in [6, 6.07) is 9.62. The van der Waals surface area contributed by atoms with Crippen molar-refractivity contribution >= 4 is 32.5 Å². The van der Waals surface area contributed by atoms with Gasteiger partial charge >= 0.3 is 0 Å².